The number of aliphatic hydroxyl groups is 1. The fourth-order valence-electron chi connectivity index (χ4n) is 5.15. The predicted octanol–water partition coefficient (Wildman–Crippen LogP) is 5.47. The van der Waals surface area contributed by atoms with Crippen LogP contribution in [0.5, 0.6) is 0 Å². The van der Waals surface area contributed by atoms with Crippen LogP contribution in [0.2, 0.25) is 0 Å². The van der Waals surface area contributed by atoms with Crippen LogP contribution in [0.1, 0.15) is 71.6 Å². The Balaban J connectivity index is 1.49. The lowest BCUT2D eigenvalue weighted by atomic mass is 9.99. The molecule has 0 bridgehead atoms. The molecular weight excluding hydrogens is 470 g/mol. The first kappa shape index (κ1) is 27.6. The molecule has 1 fully saturated rings. The molecular formula is C33H39N3O2. The minimum atomic E-state index is -0.166. The molecule has 0 radical (unpaired) electrons. The predicted molar refractivity (Wildman–Crippen MR) is 152 cm³/mol. The van der Waals surface area contributed by atoms with Crippen molar-refractivity contribution in [2.24, 2.45) is 0 Å². The Morgan fingerprint density at radius 1 is 1.03 bits per heavy atom. The first-order valence-electron chi connectivity index (χ1n) is 13.9. The molecule has 198 valence electrons. The molecule has 1 amide bonds. The monoisotopic (exact) mass is 509 g/mol. The van der Waals surface area contributed by atoms with Crippen molar-refractivity contribution >= 4 is 5.91 Å². The van der Waals surface area contributed by atoms with E-state index in [1.165, 1.54) is 30.4 Å². The number of amides is 1. The largest absolute Gasteiger partial charge is 0.384 e. The van der Waals surface area contributed by atoms with Gasteiger partial charge in [-0.05, 0) is 72.7 Å². The fourth-order valence-corrected chi connectivity index (χ4v) is 5.15. The normalized spacial score (nSPS) is 14.1. The maximum atomic E-state index is 13.9. The van der Waals surface area contributed by atoms with E-state index in [4.69, 9.17) is 5.11 Å². The lowest BCUT2D eigenvalue weighted by Gasteiger charge is -2.39. The van der Waals surface area contributed by atoms with Gasteiger partial charge < -0.3 is 10.0 Å². The van der Waals surface area contributed by atoms with Gasteiger partial charge in [-0.3, -0.25) is 14.7 Å². The molecule has 1 N–H and O–H groups in total. The number of carbonyl (C=O) groups excluding carboxylic acids is 1. The standard InChI is InChI=1S/C33H39N3O2/c1-2-3-4-8-27-13-15-31(16-14-27)33(38)36(26-29-10-5-9-28(23-29)12-7-22-37)32-17-20-35(21-18-32)25-30-11-6-19-34-24-30/h5-6,9-11,13-16,19,23-24,32,37H,2-4,8,17-18,20-22,25-26H2,1H3. The molecule has 0 atom stereocenters. The number of carbonyl (C=O) groups is 1. The van der Waals surface area contributed by atoms with Crippen molar-refractivity contribution < 1.29 is 9.90 Å². The first-order chi connectivity index (χ1) is 18.7. The SMILES string of the molecule is CCCCCc1ccc(C(=O)N(Cc2cccc(C#CCO)c2)C2CCN(Cc3cccnc3)CC2)cc1. The molecule has 0 unspecified atom stereocenters. The van der Waals surface area contributed by atoms with Crippen LogP contribution < -0.4 is 0 Å². The second-order valence-electron chi connectivity index (χ2n) is 10.1. The summed E-state index contributed by atoms with van der Waals surface area (Å²) in [5.74, 6) is 5.80. The van der Waals surface area contributed by atoms with Crippen LogP contribution in [0.15, 0.2) is 73.1 Å². The number of aryl methyl sites for hydroxylation is 1. The van der Waals surface area contributed by atoms with Crippen LogP contribution in [0.3, 0.4) is 0 Å². The number of aromatic nitrogens is 1. The van der Waals surface area contributed by atoms with Crippen LogP contribution in [-0.4, -0.2) is 51.5 Å². The molecule has 38 heavy (non-hydrogen) atoms. The maximum Gasteiger partial charge on any atom is 0.254 e. The molecule has 4 rings (SSSR count). The van der Waals surface area contributed by atoms with E-state index < -0.39 is 0 Å². The number of piperidine rings is 1. The number of benzene rings is 2. The van der Waals surface area contributed by atoms with Gasteiger partial charge in [-0.1, -0.05) is 61.9 Å². The number of nitrogens with zero attached hydrogens (tertiary/aromatic N) is 3. The van der Waals surface area contributed by atoms with Gasteiger partial charge in [0.05, 0.1) is 0 Å². The van der Waals surface area contributed by atoms with E-state index in [2.05, 4.69) is 57.8 Å². The smallest absolute Gasteiger partial charge is 0.254 e. The first-order valence-corrected chi connectivity index (χ1v) is 13.9. The van der Waals surface area contributed by atoms with E-state index in [9.17, 15) is 4.79 Å². The molecule has 1 saturated heterocycles. The molecule has 5 heteroatoms. The van der Waals surface area contributed by atoms with Gasteiger partial charge in [-0.25, -0.2) is 0 Å². The lowest BCUT2D eigenvalue weighted by Crippen LogP contribution is -2.46. The Labute approximate surface area is 227 Å². The molecule has 2 aromatic carbocycles. The van der Waals surface area contributed by atoms with Crippen LogP contribution in [0.25, 0.3) is 0 Å². The van der Waals surface area contributed by atoms with Crippen molar-refractivity contribution in [3.8, 4) is 11.8 Å². The van der Waals surface area contributed by atoms with Gasteiger partial charge in [-0.15, -0.1) is 0 Å². The third kappa shape index (κ3) is 8.02. The van der Waals surface area contributed by atoms with Crippen molar-refractivity contribution in [2.75, 3.05) is 19.7 Å². The molecule has 1 aliphatic rings. The minimum Gasteiger partial charge on any atom is -0.384 e. The molecule has 1 aliphatic heterocycles. The number of aliphatic hydroxyl groups excluding tert-OH is 1. The highest BCUT2D eigenvalue weighted by Crippen LogP contribution is 2.23. The van der Waals surface area contributed by atoms with Gasteiger partial charge in [-0.2, -0.15) is 0 Å². The lowest BCUT2D eigenvalue weighted by molar-refractivity contribution is 0.0542. The van der Waals surface area contributed by atoms with Crippen molar-refractivity contribution in [3.63, 3.8) is 0 Å². The highest BCUT2D eigenvalue weighted by atomic mass is 16.2. The Kier molecular flexibility index (Phi) is 10.5. The minimum absolute atomic E-state index is 0.0858. The summed E-state index contributed by atoms with van der Waals surface area (Å²) in [4.78, 5) is 22.7. The van der Waals surface area contributed by atoms with E-state index in [1.807, 2.05) is 42.6 Å². The van der Waals surface area contributed by atoms with Crippen molar-refractivity contribution in [1.82, 2.24) is 14.8 Å². The molecule has 0 saturated carbocycles. The summed E-state index contributed by atoms with van der Waals surface area (Å²) in [6.45, 7) is 5.37. The summed E-state index contributed by atoms with van der Waals surface area (Å²) in [7, 11) is 0. The number of pyridine rings is 1. The third-order valence-electron chi connectivity index (χ3n) is 7.25. The fraction of sp³-hybridized carbons (Fsp3) is 0.394. The van der Waals surface area contributed by atoms with Crippen LogP contribution in [0, 0.1) is 11.8 Å². The van der Waals surface area contributed by atoms with E-state index in [0.29, 0.717) is 6.54 Å². The Morgan fingerprint density at radius 2 is 1.82 bits per heavy atom. The maximum absolute atomic E-state index is 13.9. The van der Waals surface area contributed by atoms with Crippen LogP contribution >= 0.6 is 0 Å². The van der Waals surface area contributed by atoms with E-state index in [0.717, 1.165) is 55.6 Å². The summed E-state index contributed by atoms with van der Waals surface area (Å²) >= 11 is 0. The van der Waals surface area contributed by atoms with Gasteiger partial charge >= 0.3 is 0 Å². The highest BCUT2D eigenvalue weighted by molar-refractivity contribution is 5.94. The molecule has 0 aliphatic carbocycles. The highest BCUT2D eigenvalue weighted by Gasteiger charge is 2.29. The Morgan fingerprint density at radius 3 is 2.53 bits per heavy atom. The molecule has 0 spiro atoms. The number of unbranched alkanes of at least 4 members (excludes halogenated alkanes) is 2. The Hall–Kier alpha value is -3.46. The van der Waals surface area contributed by atoms with Gasteiger partial charge in [0.15, 0.2) is 0 Å². The molecule has 2 heterocycles. The second kappa shape index (κ2) is 14.5. The third-order valence-corrected chi connectivity index (χ3v) is 7.25. The number of hydrogen-bond acceptors (Lipinski definition) is 4. The topological polar surface area (TPSA) is 56.7 Å². The average molecular weight is 510 g/mol. The summed E-state index contributed by atoms with van der Waals surface area (Å²) in [5, 5.41) is 9.07. The van der Waals surface area contributed by atoms with Gasteiger partial charge in [0.25, 0.3) is 5.91 Å². The Bertz CT molecular complexity index is 1210. The quantitative estimate of drug-likeness (QED) is 0.291. The number of rotatable bonds is 10. The zero-order valence-electron chi connectivity index (χ0n) is 22.5. The van der Waals surface area contributed by atoms with Gasteiger partial charge in [0.2, 0.25) is 0 Å². The molecule has 5 nitrogen and oxygen atoms in total. The summed E-state index contributed by atoms with van der Waals surface area (Å²) in [6.07, 6.45) is 10.3. The zero-order chi connectivity index (χ0) is 26.6. The number of likely N-dealkylation sites (tertiary alicyclic amines) is 1. The van der Waals surface area contributed by atoms with Crippen molar-refractivity contribution in [3.05, 3.63) is 101 Å². The van der Waals surface area contributed by atoms with Crippen LogP contribution in [-0.2, 0) is 19.5 Å². The van der Waals surface area contributed by atoms with Gasteiger partial charge in [0.1, 0.15) is 6.61 Å². The van der Waals surface area contributed by atoms with Crippen LogP contribution in [0.4, 0.5) is 0 Å². The van der Waals surface area contributed by atoms with E-state index >= 15 is 0 Å². The van der Waals surface area contributed by atoms with E-state index in [1.54, 1.807) is 6.20 Å². The summed E-state index contributed by atoms with van der Waals surface area (Å²) in [6, 6.07) is 20.5. The summed E-state index contributed by atoms with van der Waals surface area (Å²) in [5.41, 5.74) is 5.17. The van der Waals surface area contributed by atoms with Crippen molar-refractivity contribution in [1.29, 1.82) is 0 Å². The second-order valence-corrected chi connectivity index (χ2v) is 10.1. The zero-order valence-corrected chi connectivity index (χ0v) is 22.5. The average Bonchev–Trinajstić information content (AvgIpc) is 2.96. The van der Waals surface area contributed by atoms with Crippen molar-refractivity contribution in [2.45, 2.75) is 64.6 Å². The number of hydrogen-bond donors (Lipinski definition) is 1. The van der Waals surface area contributed by atoms with E-state index in [-0.39, 0.29) is 18.6 Å². The molecule has 1 aromatic heterocycles. The summed E-state index contributed by atoms with van der Waals surface area (Å²) < 4.78 is 0. The molecule has 3 aromatic rings. The van der Waals surface area contributed by atoms with Gasteiger partial charge in [0, 0.05) is 55.7 Å².